The van der Waals surface area contributed by atoms with Crippen LogP contribution < -0.4 is 15.4 Å². The fraction of sp³-hybridized carbons (Fsp3) is 0.682. The van der Waals surface area contributed by atoms with Gasteiger partial charge in [0.2, 0.25) is 0 Å². The van der Waals surface area contributed by atoms with Crippen LogP contribution in [0.4, 0.5) is 0 Å². The Balaban J connectivity index is 1.68. The first-order chi connectivity index (χ1) is 13.7. The lowest BCUT2D eigenvalue weighted by atomic mass is 9.88. The lowest BCUT2D eigenvalue weighted by Crippen LogP contribution is -2.58. The van der Waals surface area contributed by atoms with E-state index in [0.29, 0.717) is 6.54 Å². The van der Waals surface area contributed by atoms with Crippen LogP contribution in [0.5, 0.6) is 5.75 Å². The van der Waals surface area contributed by atoms with Gasteiger partial charge in [0.05, 0.1) is 13.7 Å². The van der Waals surface area contributed by atoms with Crippen molar-refractivity contribution in [3.8, 4) is 5.75 Å². The van der Waals surface area contributed by atoms with E-state index in [9.17, 15) is 0 Å². The van der Waals surface area contributed by atoms with Gasteiger partial charge in [-0.2, -0.15) is 0 Å². The molecule has 0 unspecified atom stereocenters. The number of nitrogens with zero attached hydrogens (tertiary/aromatic N) is 2. The number of benzene rings is 1. The highest BCUT2D eigenvalue weighted by molar-refractivity contribution is 5.79. The Morgan fingerprint density at radius 1 is 1.21 bits per heavy atom. The number of ether oxygens (including phenoxy) is 2. The smallest absolute Gasteiger partial charge is 0.191 e. The molecule has 3 rings (SSSR count). The van der Waals surface area contributed by atoms with Gasteiger partial charge in [-0.1, -0.05) is 12.1 Å². The average Bonchev–Trinajstić information content (AvgIpc) is 3.27. The molecule has 6 nitrogen and oxygen atoms in total. The average molecular weight is 389 g/mol. The maximum atomic E-state index is 5.66. The van der Waals surface area contributed by atoms with Crippen LogP contribution in [0.15, 0.2) is 23.2 Å². The summed E-state index contributed by atoms with van der Waals surface area (Å²) in [7, 11) is 1.72. The van der Waals surface area contributed by atoms with E-state index in [1.807, 2.05) is 0 Å². The van der Waals surface area contributed by atoms with Gasteiger partial charge in [0.25, 0.3) is 0 Å². The lowest BCUT2D eigenvalue weighted by molar-refractivity contribution is -0.0164. The van der Waals surface area contributed by atoms with Gasteiger partial charge in [0.1, 0.15) is 5.75 Å². The number of aliphatic imine (C=N–C) groups is 1. The van der Waals surface area contributed by atoms with E-state index in [2.05, 4.69) is 47.6 Å². The molecule has 2 aliphatic heterocycles. The predicted molar refractivity (Wildman–Crippen MR) is 114 cm³/mol. The van der Waals surface area contributed by atoms with E-state index in [1.165, 1.54) is 31.5 Å². The first kappa shape index (κ1) is 20.9. The van der Waals surface area contributed by atoms with Gasteiger partial charge < -0.3 is 20.1 Å². The number of aryl methyl sites for hydroxylation is 1. The molecule has 0 atom stereocenters. The third-order valence-electron chi connectivity index (χ3n) is 5.98. The van der Waals surface area contributed by atoms with E-state index in [-0.39, 0.29) is 5.54 Å². The van der Waals surface area contributed by atoms with Crippen molar-refractivity contribution in [2.75, 3.05) is 46.5 Å². The molecular formula is C22H36N4O2. The Hall–Kier alpha value is -1.79. The van der Waals surface area contributed by atoms with Crippen molar-refractivity contribution in [2.24, 2.45) is 4.99 Å². The van der Waals surface area contributed by atoms with Gasteiger partial charge in [-0.05, 0) is 64.3 Å². The summed E-state index contributed by atoms with van der Waals surface area (Å²) in [5, 5.41) is 7.03. The molecule has 2 heterocycles. The fourth-order valence-electron chi connectivity index (χ4n) is 4.28. The second kappa shape index (κ2) is 10.1. The summed E-state index contributed by atoms with van der Waals surface area (Å²) in [5.74, 6) is 1.77. The highest BCUT2D eigenvalue weighted by Crippen LogP contribution is 2.30. The molecule has 0 spiro atoms. The molecule has 2 N–H and O–H groups in total. The Labute approximate surface area is 169 Å². The molecule has 0 amide bonds. The standard InChI is InChI=1S/C22H36N4O2/c1-4-23-21(24-16-19-8-7-18(2)15-20(19)27-3)25-17-22(9-13-28-14-10-22)26-11-5-6-12-26/h7-8,15H,4-6,9-14,16-17H2,1-3H3,(H2,23,24,25). The van der Waals surface area contributed by atoms with Crippen LogP contribution in [0.1, 0.15) is 43.7 Å². The molecular weight excluding hydrogens is 352 g/mol. The minimum Gasteiger partial charge on any atom is -0.496 e. The first-order valence-corrected chi connectivity index (χ1v) is 10.7. The van der Waals surface area contributed by atoms with Gasteiger partial charge in [-0.15, -0.1) is 0 Å². The molecule has 1 aromatic carbocycles. The molecule has 2 fully saturated rings. The van der Waals surface area contributed by atoms with Crippen molar-refractivity contribution in [3.63, 3.8) is 0 Å². The number of rotatable bonds is 7. The Bertz CT molecular complexity index is 650. The zero-order valence-corrected chi connectivity index (χ0v) is 17.7. The van der Waals surface area contributed by atoms with Gasteiger partial charge in [0.15, 0.2) is 5.96 Å². The SMILES string of the molecule is CCNC(=NCc1ccc(C)cc1OC)NCC1(N2CCCC2)CCOCC1. The Kier molecular flexibility index (Phi) is 7.57. The van der Waals surface area contributed by atoms with Crippen LogP contribution in [-0.4, -0.2) is 62.9 Å². The minimum atomic E-state index is 0.187. The highest BCUT2D eigenvalue weighted by Gasteiger charge is 2.39. The molecule has 0 bridgehead atoms. The quantitative estimate of drug-likeness (QED) is 0.556. The Morgan fingerprint density at radius 3 is 2.64 bits per heavy atom. The van der Waals surface area contributed by atoms with Crippen molar-refractivity contribution >= 4 is 5.96 Å². The predicted octanol–water partition coefficient (Wildman–Crippen LogP) is 2.70. The van der Waals surface area contributed by atoms with Crippen molar-refractivity contribution < 1.29 is 9.47 Å². The van der Waals surface area contributed by atoms with Crippen LogP contribution in [-0.2, 0) is 11.3 Å². The van der Waals surface area contributed by atoms with Crippen molar-refractivity contribution in [1.82, 2.24) is 15.5 Å². The molecule has 156 valence electrons. The summed E-state index contributed by atoms with van der Waals surface area (Å²) in [5.41, 5.74) is 2.49. The normalized spacial score (nSPS) is 20.2. The van der Waals surface area contributed by atoms with Gasteiger partial charge in [-0.3, -0.25) is 4.90 Å². The number of likely N-dealkylation sites (tertiary alicyclic amines) is 1. The lowest BCUT2D eigenvalue weighted by Gasteiger charge is -2.45. The van der Waals surface area contributed by atoms with Gasteiger partial charge in [-0.25, -0.2) is 4.99 Å². The highest BCUT2D eigenvalue weighted by atomic mass is 16.5. The van der Waals surface area contributed by atoms with E-state index < -0.39 is 0 Å². The van der Waals surface area contributed by atoms with Crippen LogP contribution in [0.2, 0.25) is 0 Å². The third-order valence-corrected chi connectivity index (χ3v) is 5.98. The summed E-state index contributed by atoms with van der Waals surface area (Å²) in [6.07, 6.45) is 4.80. The minimum absolute atomic E-state index is 0.187. The maximum absolute atomic E-state index is 5.66. The zero-order chi connectivity index (χ0) is 19.8. The van der Waals surface area contributed by atoms with Crippen LogP contribution in [0.25, 0.3) is 0 Å². The number of methoxy groups -OCH3 is 1. The molecule has 0 saturated carbocycles. The molecule has 2 saturated heterocycles. The molecule has 0 radical (unpaired) electrons. The maximum Gasteiger partial charge on any atom is 0.191 e. The van der Waals surface area contributed by atoms with Gasteiger partial charge >= 0.3 is 0 Å². The van der Waals surface area contributed by atoms with Crippen molar-refractivity contribution in [3.05, 3.63) is 29.3 Å². The summed E-state index contributed by atoms with van der Waals surface area (Å²) < 4.78 is 11.2. The van der Waals surface area contributed by atoms with Crippen molar-refractivity contribution in [1.29, 1.82) is 0 Å². The summed E-state index contributed by atoms with van der Waals surface area (Å²) in [6.45, 7) is 10.6. The van der Waals surface area contributed by atoms with E-state index >= 15 is 0 Å². The van der Waals surface area contributed by atoms with E-state index in [1.54, 1.807) is 7.11 Å². The topological polar surface area (TPSA) is 58.1 Å². The molecule has 1 aromatic rings. The van der Waals surface area contributed by atoms with Crippen molar-refractivity contribution in [2.45, 2.75) is 51.6 Å². The second-order valence-electron chi connectivity index (χ2n) is 7.89. The second-order valence-corrected chi connectivity index (χ2v) is 7.89. The number of hydrogen-bond donors (Lipinski definition) is 2. The summed E-state index contributed by atoms with van der Waals surface area (Å²) >= 11 is 0. The van der Waals surface area contributed by atoms with E-state index in [0.717, 1.165) is 56.4 Å². The fourth-order valence-corrected chi connectivity index (χ4v) is 4.28. The zero-order valence-electron chi connectivity index (χ0n) is 17.7. The number of nitrogens with one attached hydrogen (secondary N) is 2. The van der Waals surface area contributed by atoms with Crippen LogP contribution in [0.3, 0.4) is 0 Å². The third kappa shape index (κ3) is 5.17. The van der Waals surface area contributed by atoms with Crippen LogP contribution >= 0.6 is 0 Å². The first-order valence-electron chi connectivity index (χ1n) is 10.7. The molecule has 0 aliphatic carbocycles. The Morgan fingerprint density at radius 2 is 1.96 bits per heavy atom. The van der Waals surface area contributed by atoms with Crippen LogP contribution in [0, 0.1) is 6.92 Å². The molecule has 0 aromatic heterocycles. The molecule has 28 heavy (non-hydrogen) atoms. The summed E-state index contributed by atoms with van der Waals surface area (Å²) in [4.78, 5) is 7.50. The number of guanidine groups is 1. The van der Waals surface area contributed by atoms with Gasteiger partial charge in [0, 0.05) is 37.4 Å². The largest absolute Gasteiger partial charge is 0.496 e. The molecule has 6 heteroatoms. The van der Waals surface area contributed by atoms with E-state index in [4.69, 9.17) is 14.5 Å². The molecule has 2 aliphatic rings. The summed E-state index contributed by atoms with van der Waals surface area (Å²) in [6, 6.07) is 6.28. The number of hydrogen-bond acceptors (Lipinski definition) is 4. The monoisotopic (exact) mass is 388 g/mol.